The van der Waals surface area contributed by atoms with Gasteiger partial charge >= 0.3 is 0 Å². The smallest absolute Gasteiger partial charge is 0.273 e. The summed E-state index contributed by atoms with van der Waals surface area (Å²) >= 11 is 6.49. The molecule has 32 heavy (non-hydrogen) atoms. The van der Waals surface area contributed by atoms with Gasteiger partial charge in [-0.15, -0.1) is 0 Å². The fourth-order valence-electron chi connectivity index (χ4n) is 4.39. The van der Waals surface area contributed by atoms with E-state index in [0.717, 1.165) is 42.0 Å². The van der Waals surface area contributed by atoms with E-state index in [1.165, 1.54) is 30.5 Å². The summed E-state index contributed by atoms with van der Waals surface area (Å²) in [6.45, 7) is 4.37. The van der Waals surface area contributed by atoms with Crippen LogP contribution in [0.3, 0.4) is 0 Å². The molecule has 0 spiro atoms. The van der Waals surface area contributed by atoms with E-state index in [0.29, 0.717) is 29.4 Å². The number of amides is 1. The first-order valence-corrected chi connectivity index (χ1v) is 11.3. The van der Waals surface area contributed by atoms with Gasteiger partial charge in [0.05, 0.1) is 5.69 Å². The van der Waals surface area contributed by atoms with Crippen LogP contribution >= 0.6 is 11.6 Å². The highest BCUT2D eigenvalue weighted by atomic mass is 35.5. The third-order valence-corrected chi connectivity index (χ3v) is 6.50. The van der Waals surface area contributed by atoms with Crippen molar-refractivity contribution in [3.63, 3.8) is 0 Å². The molecule has 3 heterocycles. The molecule has 5 rings (SSSR count). The zero-order chi connectivity index (χ0) is 22.1. The molecule has 2 aromatic carbocycles. The van der Waals surface area contributed by atoms with Crippen LogP contribution in [0.4, 0.5) is 11.4 Å². The molecule has 0 saturated carbocycles. The summed E-state index contributed by atoms with van der Waals surface area (Å²) in [5, 5.41) is 3.60. The van der Waals surface area contributed by atoms with E-state index < -0.39 is 0 Å². The van der Waals surface area contributed by atoms with Gasteiger partial charge in [0.1, 0.15) is 5.76 Å². The topological polar surface area (TPSA) is 70.7 Å². The Kier molecular flexibility index (Phi) is 5.70. The minimum Gasteiger partial charge on any atom is -0.448 e. The van der Waals surface area contributed by atoms with Crippen LogP contribution in [0.15, 0.2) is 52.2 Å². The quantitative estimate of drug-likeness (QED) is 0.573. The van der Waals surface area contributed by atoms with Crippen molar-refractivity contribution in [1.82, 2.24) is 10.3 Å². The van der Waals surface area contributed by atoms with Crippen LogP contribution < -0.4 is 10.2 Å². The zero-order valence-electron chi connectivity index (χ0n) is 18.0. The normalized spacial score (nSPS) is 15.1. The lowest BCUT2D eigenvalue weighted by Crippen LogP contribution is -2.23. The van der Waals surface area contributed by atoms with Gasteiger partial charge in [0.25, 0.3) is 5.91 Å². The van der Waals surface area contributed by atoms with Crippen molar-refractivity contribution in [2.45, 2.75) is 39.2 Å². The fraction of sp³-hybridized carbons (Fsp3) is 0.320. The van der Waals surface area contributed by atoms with Gasteiger partial charge in [0.15, 0.2) is 12.1 Å². The maximum absolute atomic E-state index is 12.3. The Bertz CT molecular complexity index is 1190. The molecular formula is C25H25ClN4O2. The molecule has 164 valence electrons. The number of aromatic nitrogens is 1. The van der Waals surface area contributed by atoms with Crippen molar-refractivity contribution in [3.8, 4) is 0 Å². The standard InChI is InChI=1S/C25H25ClN4O2/c1-16-24(28-15-32-16)25(31)27-14-17-4-7-22(26)19(10-17)12-20-11-18-5-6-21(13-23(18)29-20)30-8-2-3-9-30/h4-7,10,13,15H,2-3,8-9,11-12,14H2,1H3,(H,27,31). The number of oxazole rings is 1. The first-order chi connectivity index (χ1) is 15.6. The first kappa shape index (κ1) is 20.8. The van der Waals surface area contributed by atoms with Crippen molar-refractivity contribution < 1.29 is 9.21 Å². The van der Waals surface area contributed by atoms with E-state index in [1.54, 1.807) is 6.92 Å². The van der Waals surface area contributed by atoms with E-state index in [4.69, 9.17) is 21.0 Å². The van der Waals surface area contributed by atoms with E-state index in [2.05, 4.69) is 33.4 Å². The number of nitrogens with zero attached hydrogens (tertiary/aromatic N) is 3. The summed E-state index contributed by atoms with van der Waals surface area (Å²) in [6, 6.07) is 12.5. The van der Waals surface area contributed by atoms with Crippen LogP contribution in [0.5, 0.6) is 0 Å². The van der Waals surface area contributed by atoms with Crippen molar-refractivity contribution in [1.29, 1.82) is 0 Å². The summed E-state index contributed by atoms with van der Waals surface area (Å²) in [7, 11) is 0. The van der Waals surface area contributed by atoms with E-state index in [9.17, 15) is 4.79 Å². The second-order valence-electron chi connectivity index (χ2n) is 8.40. The number of anilines is 1. The number of halogens is 1. The van der Waals surface area contributed by atoms with Crippen LogP contribution in [-0.4, -0.2) is 29.7 Å². The number of carbonyl (C=O) groups excluding carboxylic acids is 1. The highest BCUT2D eigenvalue weighted by molar-refractivity contribution is 6.31. The maximum Gasteiger partial charge on any atom is 0.273 e. The number of fused-ring (bicyclic) bond motifs is 1. The Balaban J connectivity index is 1.27. The van der Waals surface area contributed by atoms with Crippen molar-refractivity contribution >= 4 is 34.6 Å². The highest BCUT2D eigenvalue weighted by Crippen LogP contribution is 2.33. The predicted molar refractivity (Wildman–Crippen MR) is 126 cm³/mol. The Labute approximate surface area is 192 Å². The van der Waals surface area contributed by atoms with Crippen molar-refractivity contribution in [2.24, 2.45) is 4.99 Å². The second kappa shape index (κ2) is 8.79. The molecule has 2 aliphatic heterocycles. The lowest BCUT2D eigenvalue weighted by atomic mass is 10.0. The third-order valence-electron chi connectivity index (χ3n) is 6.13. The molecule has 3 aromatic rings. The number of nitrogens with one attached hydrogen (secondary N) is 1. The molecule has 0 bridgehead atoms. The van der Waals surface area contributed by atoms with Crippen LogP contribution in [0.25, 0.3) is 0 Å². The Morgan fingerprint density at radius 1 is 1.19 bits per heavy atom. The summed E-state index contributed by atoms with van der Waals surface area (Å²) < 4.78 is 5.10. The molecule has 0 radical (unpaired) electrons. The Morgan fingerprint density at radius 2 is 2.03 bits per heavy atom. The van der Waals surface area contributed by atoms with Crippen LogP contribution in [0.2, 0.25) is 5.02 Å². The average Bonchev–Trinajstić information content (AvgIpc) is 3.54. The van der Waals surface area contributed by atoms with Gasteiger partial charge in [-0.1, -0.05) is 29.8 Å². The summed E-state index contributed by atoms with van der Waals surface area (Å²) in [4.78, 5) is 23.6. The van der Waals surface area contributed by atoms with Crippen molar-refractivity contribution in [3.05, 3.63) is 76.0 Å². The molecule has 2 aliphatic rings. The lowest BCUT2D eigenvalue weighted by Gasteiger charge is -2.17. The largest absolute Gasteiger partial charge is 0.448 e. The molecule has 1 N–H and O–H groups in total. The molecule has 7 heteroatoms. The molecule has 1 aromatic heterocycles. The van der Waals surface area contributed by atoms with Gasteiger partial charge < -0.3 is 14.6 Å². The molecule has 1 saturated heterocycles. The lowest BCUT2D eigenvalue weighted by molar-refractivity contribution is 0.0945. The molecule has 0 atom stereocenters. The maximum atomic E-state index is 12.3. The Hall–Kier alpha value is -3.12. The number of aliphatic imine (C=N–C) groups is 1. The van der Waals surface area contributed by atoms with Crippen molar-refractivity contribution in [2.75, 3.05) is 18.0 Å². The summed E-state index contributed by atoms with van der Waals surface area (Å²) in [6.07, 6.45) is 5.34. The van der Waals surface area contributed by atoms with E-state index in [1.807, 2.05) is 18.2 Å². The van der Waals surface area contributed by atoms with Gasteiger partial charge in [0, 0.05) is 48.9 Å². The number of hydrogen-bond acceptors (Lipinski definition) is 5. The minimum absolute atomic E-state index is 0.253. The molecule has 0 aliphatic carbocycles. The number of rotatable bonds is 6. The Morgan fingerprint density at radius 3 is 2.81 bits per heavy atom. The van der Waals surface area contributed by atoms with Crippen LogP contribution in [0.1, 0.15) is 45.8 Å². The zero-order valence-corrected chi connectivity index (χ0v) is 18.8. The summed E-state index contributed by atoms with van der Waals surface area (Å²) in [5.41, 5.74) is 7.03. The van der Waals surface area contributed by atoms with Gasteiger partial charge in [-0.3, -0.25) is 9.79 Å². The van der Waals surface area contributed by atoms with Gasteiger partial charge in [0.2, 0.25) is 0 Å². The SMILES string of the molecule is Cc1ocnc1C(=O)NCc1ccc(Cl)c(CC2=Nc3cc(N4CCCC4)ccc3C2)c1. The minimum atomic E-state index is -0.253. The van der Waals surface area contributed by atoms with Gasteiger partial charge in [-0.25, -0.2) is 4.98 Å². The fourth-order valence-corrected chi connectivity index (χ4v) is 4.58. The number of carbonyl (C=O) groups is 1. The monoisotopic (exact) mass is 448 g/mol. The number of aryl methyl sites for hydroxylation is 1. The molecular weight excluding hydrogens is 424 g/mol. The molecule has 1 fully saturated rings. The first-order valence-electron chi connectivity index (χ1n) is 11.0. The number of hydrogen-bond donors (Lipinski definition) is 1. The van der Waals surface area contributed by atoms with Crippen LogP contribution in [0, 0.1) is 6.92 Å². The predicted octanol–water partition coefficient (Wildman–Crippen LogP) is 5.04. The van der Waals surface area contributed by atoms with Gasteiger partial charge in [-0.2, -0.15) is 0 Å². The average molecular weight is 449 g/mol. The molecule has 0 unspecified atom stereocenters. The number of benzene rings is 2. The van der Waals surface area contributed by atoms with Crippen LogP contribution in [-0.2, 0) is 19.4 Å². The third kappa shape index (κ3) is 4.28. The van der Waals surface area contributed by atoms with E-state index >= 15 is 0 Å². The summed E-state index contributed by atoms with van der Waals surface area (Å²) in [5.74, 6) is 0.253. The highest BCUT2D eigenvalue weighted by Gasteiger charge is 2.19. The van der Waals surface area contributed by atoms with Gasteiger partial charge in [-0.05, 0) is 54.7 Å². The van der Waals surface area contributed by atoms with E-state index in [-0.39, 0.29) is 5.91 Å². The molecule has 6 nitrogen and oxygen atoms in total. The second-order valence-corrected chi connectivity index (χ2v) is 8.81. The molecule has 1 amide bonds.